The van der Waals surface area contributed by atoms with E-state index in [0.29, 0.717) is 6.04 Å². The molecule has 0 aromatic rings. The number of amidine groups is 1. The van der Waals surface area contributed by atoms with Crippen LogP contribution in [0.25, 0.3) is 0 Å². The number of hydrogen-bond acceptors (Lipinski definition) is 1. The molecule has 1 saturated carbocycles. The van der Waals surface area contributed by atoms with Crippen molar-refractivity contribution in [3.63, 3.8) is 0 Å². The van der Waals surface area contributed by atoms with Gasteiger partial charge >= 0.3 is 0 Å². The van der Waals surface area contributed by atoms with Crippen LogP contribution >= 0.6 is 0 Å². The maximum absolute atomic E-state index is 7.90. The zero-order chi connectivity index (χ0) is 9.42. The molecule has 0 bridgehead atoms. The van der Waals surface area contributed by atoms with Gasteiger partial charge in [-0.2, -0.15) is 0 Å². The van der Waals surface area contributed by atoms with Gasteiger partial charge in [-0.15, -0.1) is 0 Å². The van der Waals surface area contributed by atoms with Gasteiger partial charge in [-0.25, -0.2) is 0 Å². The van der Waals surface area contributed by atoms with E-state index in [4.69, 9.17) is 5.41 Å². The Morgan fingerprint density at radius 3 is 2.62 bits per heavy atom. The lowest BCUT2D eigenvalue weighted by Crippen LogP contribution is -2.54. The van der Waals surface area contributed by atoms with Crippen molar-refractivity contribution in [2.24, 2.45) is 11.8 Å². The molecule has 0 amide bonds. The van der Waals surface area contributed by atoms with Crippen molar-refractivity contribution >= 4 is 5.84 Å². The molecule has 1 heterocycles. The van der Waals surface area contributed by atoms with E-state index in [9.17, 15) is 0 Å². The molecular formula is C11H20N2. The number of rotatable bonds is 1. The fourth-order valence-electron chi connectivity index (χ4n) is 2.62. The zero-order valence-corrected chi connectivity index (χ0v) is 8.71. The van der Waals surface area contributed by atoms with Gasteiger partial charge in [0.25, 0.3) is 0 Å². The normalized spacial score (nSPS) is 40.3. The zero-order valence-electron chi connectivity index (χ0n) is 8.71. The predicted molar refractivity (Wildman–Crippen MR) is 55.0 cm³/mol. The van der Waals surface area contributed by atoms with E-state index >= 15 is 0 Å². The van der Waals surface area contributed by atoms with E-state index in [1.807, 2.05) is 0 Å². The number of likely N-dealkylation sites (tertiary alicyclic amines) is 1. The minimum atomic E-state index is 0.697. The summed E-state index contributed by atoms with van der Waals surface area (Å²) in [6.45, 7) is 5.80. The third-order valence-corrected chi connectivity index (χ3v) is 3.93. The summed E-state index contributed by atoms with van der Waals surface area (Å²) in [4.78, 5) is 2.36. The second kappa shape index (κ2) is 3.32. The first-order chi connectivity index (χ1) is 6.20. The Morgan fingerprint density at radius 1 is 1.31 bits per heavy atom. The van der Waals surface area contributed by atoms with Gasteiger partial charge in [-0.05, 0) is 31.1 Å². The molecule has 1 aliphatic carbocycles. The third-order valence-electron chi connectivity index (χ3n) is 3.93. The molecule has 3 atom stereocenters. The number of piperidine rings is 1. The molecule has 74 valence electrons. The van der Waals surface area contributed by atoms with Gasteiger partial charge in [0, 0.05) is 19.0 Å². The number of nitrogens with one attached hydrogen (secondary N) is 1. The molecule has 1 saturated heterocycles. The summed E-state index contributed by atoms with van der Waals surface area (Å²) in [6.07, 6.45) is 4.84. The maximum Gasteiger partial charge on any atom is 0.0960 e. The first-order valence-electron chi connectivity index (χ1n) is 5.54. The molecule has 2 rings (SSSR count). The largest absolute Gasteiger partial charge is 0.357 e. The molecule has 0 aromatic carbocycles. The maximum atomic E-state index is 7.90. The monoisotopic (exact) mass is 180 g/mol. The average molecular weight is 180 g/mol. The van der Waals surface area contributed by atoms with E-state index in [2.05, 4.69) is 18.7 Å². The average Bonchev–Trinajstić information content (AvgIpc) is 2.15. The van der Waals surface area contributed by atoms with E-state index in [-0.39, 0.29) is 0 Å². The fraction of sp³-hybridized carbons (Fsp3) is 0.909. The van der Waals surface area contributed by atoms with Crippen molar-refractivity contribution < 1.29 is 0 Å². The van der Waals surface area contributed by atoms with Gasteiger partial charge in [-0.1, -0.05) is 13.8 Å². The molecule has 2 aliphatic rings. The van der Waals surface area contributed by atoms with E-state index in [0.717, 1.165) is 30.6 Å². The highest BCUT2D eigenvalue weighted by atomic mass is 15.2. The molecule has 2 heteroatoms. The van der Waals surface area contributed by atoms with Crippen molar-refractivity contribution in [1.29, 1.82) is 5.41 Å². The number of hydrogen-bond donors (Lipinski definition) is 1. The second-order valence-corrected chi connectivity index (χ2v) is 4.74. The summed E-state index contributed by atoms with van der Waals surface area (Å²) >= 11 is 0. The predicted octanol–water partition coefficient (Wildman–Crippen LogP) is 2.49. The van der Waals surface area contributed by atoms with Crippen LogP contribution in [0.2, 0.25) is 0 Å². The van der Waals surface area contributed by atoms with E-state index < -0.39 is 0 Å². The Bertz CT molecular complexity index is 212. The Balaban J connectivity index is 1.96. The van der Waals surface area contributed by atoms with Crippen LogP contribution in [0.1, 0.15) is 39.5 Å². The second-order valence-electron chi connectivity index (χ2n) is 4.74. The summed E-state index contributed by atoms with van der Waals surface area (Å²) in [6, 6.07) is 0.697. The number of nitrogens with zero attached hydrogens (tertiary/aromatic N) is 1. The Labute approximate surface area is 80.8 Å². The lowest BCUT2D eigenvalue weighted by molar-refractivity contribution is 0.0609. The summed E-state index contributed by atoms with van der Waals surface area (Å²) in [7, 11) is 0. The van der Waals surface area contributed by atoms with Crippen LogP contribution in [-0.4, -0.2) is 23.3 Å². The van der Waals surface area contributed by atoms with Crippen molar-refractivity contribution in [3.8, 4) is 0 Å². The SMILES string of the molecule is CC1CC(N2CCCCC2=N)C1C. The minimum Gasteiger partial charge on any atom is -0.357 e. The summed E-state index contributed by atoms with van der Waals surface area (Å²) in [5.41, 5.74) is 0. The smallest absolute Gasteiger partial charge is 0.0960 e. The standard InChI is InChI=1S/C11H20N2/c1-8-7-10(9(8)2)13-6-4-3-5-11(13)12/h8-10,12H,3-7H2,1-2H3. The molecule has 0 aromatic heterocycles. The molecule has 2 fully saturated rings. The molecule has 13 heavy (non-hydrogen) atoms. The summed E-state index contributed by atoms with van der Waals surface area (Å²) in [5, 5.41) is 7.90. The highest BCUT2D eigenvalue weighted by Crippen LogP contribution is 2.38. The van der Waals surface area contributed by atoms with Crippen LogP contribution in [0.15, 0.2) is 0 Å². The Hall–Kier alpha value is -0.530. The minimum absolute atomic E-state index is 0.697. The van der Waals surface area contributed by atoms with Crippen LogP contribution in [0, 0.1) is 17.2 Å². The molecule has 0 radical (unpaired) electrons. The first kappa shape index (κ1) is 9.04. The fourth-order valence-corrected chi connectivity index (χ4v) is 2.62. The van der Waals surface area contributed by atoms with Gasteiger partial charge in [0.2, 0.25) is 0 Å². The first-order valence-corrected chi connectivity index (χ1v) is 5.54. The van der Waals surface area contributed by atoms with Crippen LogP contribution in [-0.2, 0) is 0 Å². The lowest BCUT2D eigenvalue weighted by atomic mass is 9.70. The van der Waals surface area contributed by atoms with Crippen molar-refractivity contribution in [1.82, 2.24) is 4.90 Å². The summed E-state index contributed by atoms with van der Waals surface area (Å²) in [5.74, 6) is 2.58. The highest BCUT2D eigenvalue weighted by molar-refractivity contribution is 5.80. The molecule has 0 spiro atoms. The molecule has 2 nitrogen and oxygen atoms in total. The van der Waals surface area contributed by atoms with Crippen molar-refractivity contribution in [3.05, 3.63) is 0 Å². The van der Waals surface area contributed by atoms with Crippen LogP contribution < -0.4 is 0 Å². The van der Waals surface area contributed by atoms with Gasteiger partial charge in [0.05, 0.1) is 5.84 Å². The Kier molecular flexibility index (Phi) is 2.31. The molecule has 3 unspecified atom stereocenters. The molecular weight excluding hydrogens is 160 g/mol. The van der Waals surface area contributed by atoms with Crippen LogP contribution in [0.4, 0.5) is 0 Å². The molecule has 1 N–H and O–H groups in total. The van der Waals surface area contributed by atoms with Gasteiger partial charge in [-0.3, -0.25) is 5.41 Å². The molecule has 1 aliphatic heterocycles. The van der Waals surface area contributed by atoms with Gasteiger partial charge < -0.3 is 4.90 Å². The third kappa shape index (κ3) is 1.47. The lowest BCUT2D eigenvalue weighted by Gasteiger charge is -2.49. The summed E-state index contributed by atoms with van der Waals surface area (Å²) < 4.78 is 0. The van der Waals surface area contributed by atoms with E-state index in [1.165, 1.54) is 19.3 Å². The quantitative estimate of drug-likeness (QED) is 0.659. The van der Waals surface area contributed by atoms with Crippen molar-refractivity contribution in [2.75, 3.05) is 6.54 Å². The van der Waals surface area contributed by atoms with Gasteiger partial charge in [0.1, 0.15) is 0 Å². The topological polar surface area (TPSA) is 27.1 Å². The van der Waals surface area contributed by atoms with Crippen LogP contribution in [0.3, 0.4) is 0 Å². The van der Waals surface area contributed by atoms with Crippen LogP contribution in [0.5, 0.6) is 0 Å². The van der Waals surface area contributed by atoms with E-state index in [1.54, 1.807) is 0 Å². The highest BCUT2D eigenvalue weighted by Gasteiger charge is 2.39. The Morgan fingerprint density at radius 2 is 2.08 bits per heavy atom. The van der Waals surface area contributed by atoms with Gasteiger partial charge in [0.15, 0.2) is 0 Å². The van der Waals surface area contributed by atoms with Crippen molar-refractivity contribution in [2.45, 2.75) is 45.6 Å².